The van der Waals surface area contributed by atoms with E-state index in [9.17, 15) is 4.39 Å². The van der Waals surface area contributed by atoms with Crippen LogP contribution in [0.5, 0.6) is 0 Å². The molecule has 0 fully saturated rings. The predicted molar refractivity (Wildman–Crippen MR) is 68.1 cm³/mol. The molecule has 1 rings (SSSR count). The molecule has 0 aliphatic carbocycles. The molecule has 0 amide bonds. The summed E-state index contributed by atoms with van der Waals surface area (Å²) in [6.45, 7) is 10.3. The van der Waals surface area contributed by atoms with Crippen LogP contribution in [0.4, 0.5) is 15.8 Å². The lowest BCUT2D eigenvalue weighted by Gasteiger charge is -2.29. The van der Waals surface area contributed by atoms with Gasteiger partial charge in [0, 0.05) is 6.04 Å². The van der Waals surface area contributed by atoms with Gasteiger partial charge in [0.2, 0.25) is 0 Å². The Kier molecular flexibility index (Phi) is 3.46. The summed E-state index contributed by atoms with van der Waals surface area (Å²) < 4.78 is 13.2. The van der Waals surface area contributed by atoms with E-state index >= 15 is 0 Å². The van der Waals surface area contributed by atoms with E-state index in [0.29, 0.717) is 11.3 Å². The summed E-state index contributed by atoms with van der Waals surface area (Å²) in [5.74, 6) is -0.258. The third-order valence-corrected chi connectivity index (χ3v) is 3.00. The first kappa shape index (κ1) is 12.8. The first-order valence-electron chi connectivity index (χ1n) is 5.54. The molecule has 0 aromatic heterocycles. The largest absolute Gasteiger partial charge is 0.397 e. The van der Waals surface area contributed by atoms with E-state index in [1.54, 1.807) is 13.0 Å². The lowest BCUT2D eigenvalue weighted by atomic mass is 9.88. The highest BCUT2D eigenvalue weighted by Crippen LogP contribution is 2.27. The average molecular weight is 224 g/mol. The molecule has 1 aromatic carbocycles. The van der Waals surface area contributed by atoms with Gasteiger partial charge in [-0.25, -0.2) is 4.39 Å². The summed E-state index contributed by atoms with van der Waals surface area (Å²) in [7, 11) is 0. The van der Waals surface area contributed by atoms with Gasteiger partial charge in [0.1, 0.15) is 5.82 Å². The number of benzene rings is 1. The molecule has 16 heavy (non-hydrogen) atoms. The Labute approximate surface area is 97.0 Å². The first-order chi connectivity index (χ1) is 7.21. The van der Waals surface area contributed by atoms with Crippen molar-refractivity contribution in [3.05, 3.63) is 23.5 Å². The van der Waals surface area contributed by atoms with Crippen molar-refractivity contribution in [2.75, 3.05) is 11.1 Å². The number of hydrogen-bond acceptors (Lipinski definition) is 2. The molecule has 1 atom stereocenters. The Bertz CT molecular complexity index is 380. The van der Waals surface area contributed by atoms with E-state index in [4.69, 9.17) is 5.73 Å². The van der Waals surface area contributed by atoms with Crippen LogP contribution in [-0.4, -0.2) is 6.04 Å². The highest BCUT2D eigenvalue weighted by molar-refractivity contribution is 5.67. The van der Waals surface area contributed by atoms with E-state index < -0.39 is 0 Å². The van der Waals surface area contributed by atoms with Gasteiger partial charge < -0.3 is 11.1 Å². The van der Waals surface area contributed by atoms with Gasteiger partial charge in [-0.2, -0.15) is 0 Å². The normalized spacial score (nSPS) is 13.6. The molecule has 0 radical (unpaired) electrons. The second-order valence-electron chi connectivity index (χ2n) is 5.42. The number of nitrogens with one attached hydrogen (secondary N) is 1. The number of anilines is 2. The fraction of sp³-hybridized carbons (Fsp3) is 0.538. The molecule has 0 heterocycles. The van der Waals surface area contributed by atoms with Crippen molar-refractivity contribution in [1.29, 1.82) is 0 Å². The zero-order chi connectivity index (χ0) is 12.5. The highest BCUT2D eigenvalue weighted by Gasteiger charge is 2.20. The monoisotopic (exact) mass is 224 g/mol. The van der Waals surface area contributed by atoms with Crippen molar-refractivity contribution in [2.45, 2.75) is 40.7 Å². The van der Waals surface area contributed by atoms with E-state index in [1.165, 1.54) is 6.07 Å². The summed E-state index contributed by atoms with van der Waals surface area (Å²) in [4.78, 5) is 0. The molecular weight excluding hydrogens is 203 g/mol. The SMILES string of the molecule is Cc1cc(NC(C)C(C)(C)C)c(N)cc1F. The van der Waals surface area contributed by atoms with E-state index in [1.807, 2.05) is 0 Å². The van der Waals surface area contributed by atoms with Crippen molar-refractivity contribution in [3.8, 4) is 0 Å². The van der Waals surface area contributed by atoms with Crippen LogP contribution < -0.4 is 11.1 Å². The van der Waals surface area contributed by atoms with Crippen molar-refractivity contribution in [3.63, 3.8) is 0 Å². The fourth-order valence-electron chi connectivity index (χ4n) is 1.27. The van der Waals surface area contributed by atoms with Gasteiger partial charge in [-0.05, 0) is 37.0 Å². The number of nitrogens with two attached hydrogens (primary N) is 1. The van der Waals surface area contributed by atoms with Gasteiger partial charge in [0.25, 0.3) is 0 Å². The van der Waals surface area contributed by atoms with Gasteiger partial charge in [0.05, 0.1) is 11.4 Å². The molecule has 90 valence electrons. The number of aryl methyl sites for hydroxylation is 1. The van der Waals surface area contributed by atoms with Gasteiger partial charge in [-0.1, -0.05) is 20.8 Å². The van der Waals surface area contributed by atoms with Gasteiger partial charge in [-0.15, -0.1) is 0 Å². The zero-order valence-electron chi connectivity index (χ0n) is 10.7. The van der Waals surface area contributed by atoms with E-state index in [2.05, 4.69) is 33.0 Å². The Balaban J connectivity index is 2.94. The van der Waals surface area contributed by atoms with Crippen molar-refractivity contribution < 1.29 is 4.39 Å². The Morgan fingerprint density at radius 2 is 1.88 bits per heavy atom. The molecule has 3 N–H and O–H groups in total. The summed E-state index contributed by atoms with van der Waals surface area (Å²) in [6, 6.07) is 3.39. The van der Waals surface area contributed by atoms with Gasteiger partial charge in [-0.3, -0.25) is 0 Å². The number of nitrogen functional groups attached to an aromatic ring is 1. The van der Waals surface area contributed by atoms with Gasteiger partial charge in [0.15, 0.2) is 0 Å². The third kappa shape index (κ3) is 2.87. The maximum Gasteiger partial charge on any atom is 0.128 e. The fourth-order valence-corrected chi connectivity index (χ4v) is 1.27. The molecule has 0 saturated heterocycles. The highest BCUT2D eigenvalue weighted by atomic mass is 19.1. The van der Waals surface area contributed by atoms with Gasteiger partial charge >= 0.3 is 0 Å². The average Bonchev–Trinajstić information content (AvgIpc) is 2.12. The first-order valence-corrected chi connectivity index (χ1v) is 5.54. The standard InChI is InChI=1S/C13H21FN2/c1-8-6-12(11(15)7-10(8)14)16-9(2)13(3,4)5/h6-7,9,16H,15H2,1-5H3. The van der Waals surface area contributed by atoms with Crippen molar-refractivity contribution in [2.24, 2.45) is 5.41 Å². The Hall–Kier alpha value is -1.25. The summed E-state index contributed by atoms with van der Waals surface area (Å²) in [6.07, 6.45) is 0. The minimum atomic E-state index is -0.258. The smallest absolute Gasteiger partial charge is 0.128 e. The van der Waals surface area contributed by atoms with Crippen LogP contribution in [0.3, 0.4) is 0 Å². The van der Waals surface area contributed by atoms with Crippen LogP contribution >= 0.6 is 0 Å². The minimum Gasteiger partial charge on any atom is -0.397 e. The van der Waals surface area contributed by atoms with Crippen LogP contribution in [0.25, 0.3) is 0 Å². The summed E-state index contributed by atoms with van der Waals surface area (Å²) in [5, 5.41) is 3.33. The Morgan fingerprint density at radius 3 is 2.38 bits per heavy atom. The van der Waals surface area contributed by atoms with Crippen molar-refractivity contribution >= 4 is 11.4 Å². The molecule has 0 aliphatic heterocycles. The predicted octanol–water partition coefficient (Wildman–Crippen LogP) is 3.56. The molecule has 0 saturated carbocycles. The summed E-state index contributed by atoms with van der Waals surface area (Å²) in [5.41, 5.74) is 7.79. The molecule has 1 unspecified atom stereocenters. The van der Waals surface area contributed by atoms with Crippen LogP contribution in [-0.2, 0) is 0 Å². The molecular formula is C13H21FN2. The quantitative estimate of drug-likeness (QED) is 0.754. The summed E-state index contributed by atoms with van der Waals surface area (Å²) >= 11 is 0. The second-order valence-corrected chi connectivity index (χ2v) is 5.42. The lowest BCUT2D eigenvalue weighted by Crippen LogP contribution is -2.31. The van der Waals surface area contributed by atoms with Crippen molar-refractivity contribution in [1.82, 2.24) is 0 Å². The number of rotatable bonds is 2. The molecule has 0 bridgehead atoms. The maximum atomic E-state index is 13.2. The Morgan fingerprint density at radius 1 is 1.31 bits per heavy atom. The minimum absolute atomic E-state index is 0.134. The lowest BCUT2D eigenvalue weighted by molar-refractivity contribution is 0.359. The zero-order valence-corrected chi connectivity index (χ0v) is 10.7. The molecule has 3 heteroatoms. The van der Waals surface area contributed by atoms with E-state index in [-0.39, 0.29) is 17.3 Å². The van der Waals surface area contributed by atoms with E-state index in [0.717, 1.165) is 5.69 Å². The van der Waals surface area contributed by atoms with Crippen LogP contribution in [0.1, 0.15) is 33.3 Å². The molecule has 2 nitrogen and oxygen atoms in total. The molecule has 0 spiro atoms. The topological polar surface area (TPSA) is 38.0 Å². The second kappa shape index (κ2) is 4.32. The molecule has 0 aliphatic rings. The number of hydrogen-bond donors (Lipinski definition) is 2. The molecule has 1 aromatic rings. The maximum absolute atomic E-state index is 13.2. The van der Waals surface area contributed by atoms with Crippen LogP contribution in [0, 0.1) is 18.2 Å². The van der Waals surface area contributed by atoms with Crippen LogP contribution in [0.2, 0.25) is 0 Å². The third-order valence-electron chi connectivity index (χ3n) is 3.00. The number of halogens is 1. The van der Waals surface area contributed by atoms with Crippen LogP contribution in [0.15, 0.2) is 12.1 Å².